The molecule has 0 spiro atoms. The van der Waals surface area contributed by atoms with E-state index in [2.05, 4.69) is 5.32 Å². The van der Waals surface area contributed by atoms with Gasteiger partial charge in [0.25, 0.3) is 0 Å². The van der Waals surface area contributed by atoms with Crippen LogP contribution >= 0.6 is 0 Å². The van der Waals surface area contributed by atoms with Crippen LogP contribution in [0.4, 0.5) is 0 Å². The van der Waals surface area contributed by atoms with Gasteiger partial charge in [-0.15, -0.1) is 0 Å². The number of ether oxygens (including phenoxy) is 1. The predicted octanol–water partition coefficient (Wildman–Crippen LogP) is -0.0776. The molecule has 0 aromatic carbocycles. The molecule has 5 nitrogen and oxygen atoms in total. The van der Waals surface area contributed by atoms with E-state index in [0.717, 1.165) is 31.6 Å². The summed E-state index contributed by atoms with van der Waals surface area (Å²) in [4.78, 5) is 21.1. The number of carboxylic acid groups (broad SMARTS) is 1. The third-order valence-corrected chi connectivity index (χ3v) is 1.91. The maximum Gasteiger partial charge on any atom is 0.328 e. The van der Waals surface area contributed by atoms with E-state index in [0.29, 0.717) is 6.54 Å². The molecule has 0 bridgehead atoms. The minimum Gasteiger partial charge on any atom is -0.478 e. The normalized spacial score (nSPS) is 21.3. The van der Waals surface area contributed by atoms with Crippen molar-refractivity contribution in [2.75, 3.05) is 13.2 Å². The first kappa shape index (κ1) is 10.7. The molecular formula is C9H13NO4. The Morgan fingerprint density at radius 3 is 2.86 bits per heavy atom. The third-order valence-electron chi connectivity index (χ3n) is 1.91. The van der Waals surface area contributed by atoms with E-state index in [9.17, 15) is 9.59 Å². The SMILES string of the molecule is O=C(O)/C=C/C(=O)NC[C@@H]1CCCO1. The number of hydrogen-bond donors (Lipinski definition) is 2. The van der Waals surface area contributed by atoms with Crippen LogP contribution in [0, 0.1) is 0 Å². The van der Waals surface area contributed by atoms with Gasteiger partial charge in [0.05, 0.1) is 6.10 Å². The molecule has 1 rings (SSSR count). The number of carbonyl (C=O) groups is 2. The summed E-state index contributed by atoms with van der Waals surface area (Å²) >= 11 is 0. The van der Waals surface area contributed by atoms with E-state index in [4.69, 9.17) is 9.84 Å². The number of nitrogens with one attached hydrogen (secondary N) is 1. The average Bonchev–Trinajstić information content (AvgIpc) is 2.63. The zero-order valence-electron chi connectivity index (χ0n) is 7.73. The fraction of sp³-hybridized carbons (Fsp3) is 0.556. The summed E-state index contributed by atoms with van der Waals surface area (Å²) in [7, 11) is 0. The molecule has 0 unspecified atom stereocenters. The van der Waals surface area contributed by atoms with Crippen molar-refractivity contribution in [3.05, 3.63) is 12.2 Å². The van der Waals surface area contributed by atoms with Crippen molar-refractivity contribution in [3.63, 3.8) is 0 Å². The molecule has 78 valence electrons. The molecule has 1 aliphatic rings. The minimum absolute atomic E-state index is 0.0807. The number of hydrogen-bond acceptors (Lipinski definition) is 3. The standard InChI is InChI=1S/C9H13NO4/c11-8(3-4-9(12)13)10-6-7-2-1-5-14-7/h3-4,7H,1-2,5-6H2,(H,10,11)(H,12,13)/b4-3+/t7-/m0/s1. The molecule has 1 atom stereocenters. The first-order chi connectivity index (χ1) is 6.68. The summed E-state index contributed by atoms with van der Waals surface area (Å²) in [5, 5.41) is 10.8. The van der Waals surface area contributed by atoms with Gasteiger partial charge < -0.3 is 15.2 Å². The second-order valence-electron chi connectivity index (χ2n) is 3.05. The van der Waals surface area contributed by atoms with Crippen molar-refractivity contribution in [3.8, 4) is 0 Å². The largest absolute Gasteiger partial charge is 0.478 e. The number of amides is 1. The highest BCUT2D eigenvalue weighted by Crippen LogP contribution is 2.10. The van der Waals surface area contributed by atoms with Crippen LogP contribution in [0.5, 0.6) is 0 Å². The summed E-state index contributed by atoms with van der Waals surface area (Å²) < 4.78 is 5.27. The molecule has 1 saturated heterocycles. The predicted molar refractivity (Wildman–Crippen MR) is 48.8 cm³/mol. The van der Waals surface area contributed by atoms with Crippen LogP contribution in [-0.2, 0) is 14.3 Å². The maximum atomic E-state index is 11.0. The lowest BCUT2D eigenvalue weighted by Gasteiger charge is -2.08. The zero-order chi connectivity index (χ0) is 10.4. The Labute approximate surface area is 81.7 Å². The van der Waals surface area contributed by atoms with Crippen LogP contribution < -0.4 is 5.32 Å². The van der Waals surface area contributed by atoms with Crippen LogP contribution in [0.2, 0.25) is 0 Å². The van der Waals surface area contributed by atoms with Gasteiger partial charge in [0, 0.05) is 25.3 Å². The van der Waals surface area contributed by atoms with Gasteiger partial charge in [0.1, 0.15) is 0 Å². The monoisotopic (exact) mass is 199 g/mol. The van der Waals surface area contributed by atoms with Crippen molar-refractivity contribution in [2.24, 2.45) is 0 Å². The van der Waals surface area contributed by atoms with Gasteiger partial charge in [-0.05, 0) is 12.8 Å². The Kier molecular flexibility index (Phi) is 4.12. The van der Waals surface area contributed by atoms with E-state index < -0.39 is 11.9 Å². The summed E-state index contributed by atoms with van der Waals surface area (Å²) in [5.74, 6) is -1.53. The molecule has 1 aliphatic heterocycles. The third kappa shape index (κ3) is 4.04. The number of carbonyl (C=O) groups excluding carboxylic acids is 1. The molecule has 0 radical (unpaired) electrons. The van der Waals surface area contributed by atoms with Crippen LogP contribution in [0.3, 0.4) is 0 Å². The highest BCUT2D eigenvalue weighted by molar-refractivity contribution is 5.93. The van der Waals surface area contributed by atoms with Crippen molar-refractivity contribution in [1.29, 1.82) is 0 Å². The highest BCUT2D eigenvalue weighted by Gasteiger charge is 2.15. The van der Waals surface area contributed by atoms with Gasteiger partial charge in [0.15, 0.2) is 0 Å². The lowest BCUT2D eigenvalue weighted by molar-refractivity contribution is -0.131. The van der Waals surface area contributed by atoms with E-state index in [-0.39, 0.29) is 6.10 Å². The molecule has 0 aromatic rings. The van der Waals surface area contributed by atoms with Crippen molar-refractivity contribution >= 4 is 11.9 Å². The van der Waals surface area contributed by atoms with Crippen LogP contribution in [0.1, 0.15) is 12.8 Å². The fourth-order valence-corrected chi connectivity index (χ4v) is 1.23. The van der Waals surface area contributed by atoms with Gasteiger partial charge in [-0.3, -0.25) is 4.79 Å². The van der Waals surface area contributed by atoms with Crippen LogP contribution in [0.25, 0.3) is 0 Å². The Morgan fingerprint density at radius 2 is 2.29 bits per heavy atom. The molecular weight excluding hydrogens is 186 g/mol. The highest BCUT2D eigenvalue weighted by atomic mass is 16.5. The van der Waals surface area contributed by atoms with Gasteiger partial charge in [-0.1, -0.05) is 0 Å². The zero-order valence-corrected chi connectivity index (χ0v) is 7.73. The quantitative estimate of drug-likeness (QED) is 0.621. The molecule has 1 heterocycles. The van der Waals surface area contributed by atoms with Gasteiger partial charge >= 0.3 is 5.97 Å². The fourth-order valence-electron chi connectivity index (χ4n) is 1.23. The Balaban J connectivity index is 2.17. The molecule has 1 amide bonds. The first-order valence-electron chi connectivity index (χ1n) is 4.49. The second kappa shape index (κ2) is 5.39. The number of aliphatic carboxylic acids is 1. The van der Waals surface area contributed by atoms with Crippen LogP contribution in [0.15, 0.2) is 12.2 Å². The number of carboxylic acids is 1. The molecule has 0 saturated carbocycles. The van der Waals surface area contributed by atoms with Crippen molar-refractivity contribution in [2.45, 2.75) is 18.9 Å². The van der Waals surface area contributed by atoms with Gasteiger partial charge in [-0.2, -0.15) is 0 Å². The topological polar surface area (TPSA) is 75.6 Å². The molecule has 0 aromatic heterocycles. The molecule has 5 heteroatoms. The summed E-state index contributed by atoms with van der Waals surface area (Å²) in [5.41, 5.74) is 0. The molecule has 14 heavy (non-hydrogen) atoms. The first-order valence-corrected chi connectivity index (χ1v) is 4.49. The van der Waals surface area contributed by atoms with E-state index in [1.54, 1.807) is 0 Å². The van der Waals surface area contributed by atoms with E-state index in [1.807, 2.05) is 0 Å². The van der Waals surface area contributed by atoms with Crippen LogP contribution in [-0.4, -0.2) is 36.2 Å². The Hall–Kier alpha value is -1.36. The van der Waals surface area contributed by atoms with Crippen molar-refractivity contribution < 1.29 is 19.4 Å². The summed E-state index contributed by atoms with van der Waals surface area (Å²) in [6, 6.07) is 0. The maximum absolute atomic E-state index is 11.0. The van der Waals surface area contributed by atoms with Gasteiger partial charge in [-0.25, -0.2) is 4.79 Å². The van der Waals surface area contributed by atoms with Crippen molar-refractivity contribution in [1.82, 2.24) is 5.32 Å². The average molecular weight is 199 g/mol. The summed E-state index contributed by atoms with van der Waals surface area (Å²) in [6.45, 7) is 1.19. The molecule has 0 aliphatic carbocycles. The second-order valence-corrected chi connectivity index (χ2v) is 3.05. The minimum atomic E-state index is -1.13. The van der Waals surface area contributed by atoms with E-state index >= 15 is 0 Å². The summed E-state index contributed by atoms with van der Waals surface area (Å²) in [6.07, 6.45) is 3.86. The lowest BCUT2D eigenvalue weighted by Crippen LogP contribution is -2.30. The molecule has 1 fully saturated rings. The Bertz CT molecular complexity index is 243. The Morgan fingerprint density at radius 1 is 1.50 bits per heavy atom. The smallest absolute Gasteiger partial charge is 0.328 e. The number of rotatable bonds is 4. The van der Waals surface area contributed by atoms with E-state index in [1.165, 1.54) is 0 Å². The molecule has 2 N–H and O–H groups in total. The van der Waals surface area contributed by atoms with Gasteiger partial charge in [0.2, 0.25) is 5.91 Å². The lowest BCUT2D eigenvalue weighted by atomic mass is 10.2.